The van der Waals surface area contributed by atoms with Crippen molar-refractivity contribution in [3.05, 3.63) is 28.2 Å². The van der Waals surface area contributed by atoms with Gasteiger partial charge in [0.05, 0.1) is 11.3 Å². The zero-order valence-corrected chi connectivity index (χ0v) is 13.7. The molecule has 0 bridgehead atoms. The van der Waals surface area contributed by atoms with E-state index in [4.69, 9.17) is 5.73 Å². The number of rotatable bonds is 3. The van der Waals surface area contributed by atoms with Gasteiger partial charge in [-0.3, -0.25) is 4.79 Å². The van der Waals surface area contributed by atoms with Gasteiger partial charge in [-0.05, 0) is 46.3 Å². The van der Waals surface area contributed by atoms with Gasteiger partial charge < -0.3 is 15.7 Å². The number of hydrogen-bond donors (Lipinski definition) is 2. The van der Waals surface area contributed by atoms with Crippen LogP contribution in [0.2, 0.25) is 0 Å². The van der Waals surface area contributed by atoms with Gasteiger partial charge in [0.2, 0.25) is 0 Å². The molecular weight excluding hydrogens is 336 g/mol. The predicted molar refractivity (Wildman–Crippen MR) is 84.4 cm³/mol. The van der Waals surface area contributed by atoms with Gasteiger partial charge in [0.15, 0.2) is 0 Å². The van der Waals surface area contributed by atoms with Crippen molar-refractivity contribution in [2.45, 2.75) is 32.7 Å². The summed E-state index contributed by atoms with van der Waals surface area (Å²) >= 11 is 3.32. The lowest BCUT2D eigenvalue weighted by atomic mass is 9.76. The third-order valence-corrected chi connectivity index (χ3v) is 4.71. The molecule has 2 rings (SSSR count). The van der Waals surface area contributed by atoms with Gasteiger partial charge in [0, 0.05) is 11.0 Å². The second kappa shape index (κ2) is 5.67. The summed E-state index contributed by atoms with van der Waals surface area (Å²) in [5.74, 6) is -1.44. The van der Waals surface area contributed by atoms with Gasteiger partial charge >= 0.3 is 5.97 Å². The molecule has 1 saturated heterocycles. The maximum absolute atomic E-state index is 11.8. The van der Waals surface area contributed by atoms with Crippen LogP contribution >= 0.6 is 15.9 Å². The highest BCUT2D eigenvalue weighted by Gasteiger charge is 2.43. The third-order valence-electron chi connectivity index (χ3n) is 4.05. The first-order valence-electron chi connectivity index (χ1n) is 6.83. The van der Waals surface area contributed by atoms with Gasteiger partial charge in [-0.1, -0.05) is 19.9 Å². The number of aliphatic carboxylic acids is 1. The van der Waals surface area contributed by atoms with Crippen molar-refractivity contribution in [2.75, 3.05) is 11.4 Å². The lowest BCUT2D eigenvalue weighted by Crippen LogP contribution is -2.55. The van der Waals surface area contributed by atoms with Crippen LogP contribution in [0.1, 0.15) is 37.0 Å². The monoisotopic (exact) mass is 354 g/mol. The minimum absolute atomic E-state index is 0.335. The summed E-state index contributed by atoms with van der Waals surface area (Å²) < 4.78 is 0.583. The molecule has 1 aromatic carbocycles. The molecule has 1 atom stereocenters. The normalized spacial score (nSPS) is 21.1. The molecule has 0 spiro atoms. The summed E-state index contributed by atoms with van der Waals surface area (Å²) in [7, 11) is 0. The molecule has 21 heavy (non-hydrogen) atoms. The topological polar surface area (TPSA) is 83.6 Å². The summed E-state index contributed by atoms with van der Waals surface area (Å²) in [6.07, 6.45) is 1.71. The quantitative estimate of drug-likeness (QED) is 0.873. The molecule has 1 unspecified atom stereocenters. The highest BCUT2D eigenvalue weighted by molar-refractivity contribution is 9.10. The number of piperidine rings is 1. The Hall–Kier alpha value is -1.56. The molecule has 1 amide bonds. The Labute approximate surface area is 132 Å². The molecule has 114 valence electrons. The van der Waals surface area contributed by atoms with Crippen LogP contribution < -0.4 is 10.6 Å². The molecule has 0 saturated carbocycles. The maximum atomic E-state index is 11.8. The largest absolute Gasteiger partial charge is 0.480 e. The first kappa shape index (κ1) is 15.8. The van der Waals surface area contributed by atoms with Crippen LogP contribution in [0.15, 0.2) is 22.7 Å². The Morgan fingerprint density at radius 1 is 1.43 bits per heavy atom. The highest BCUT2D eigenvalue weighted by atomic mass is 79.9. The average Bonchev–Trinajstić information content (AvgIpc) is 2.35. The third kappa shape index (κ3) is 2.90. The van der Waals surface area contributed by atoms with Crippen molar-refractivity contribution in [1.82, 2.24) is 0 Å². The first-order valence-corrected chi connectivity index (χ1v) is 7.63. The number of carboxylic acids is 1. The number of halogens is 1. The number of nitrogens with zero attached hydrogens (tertiary/aromatic N) is 1. The molecule has 0 aliphatic carbocycles. The molecule has 1 aliphatic rings. The van der Waals surface area contributed by atoms with E-state index in [0.717, 1.165) is 12.8 Å². The fraction of sp³-hybridized carbons (Fsp3) is 0.467. The predicted octanol–water partition coefficient (Wildman–Crippen LogP) is 2.63. The van der Waals surface area contributed by atoms with Crippen molar-refractivity contribution in [3.63, 3.8) is 0 Å². The van der Waals surface area contributed by atoms with E-state index >= 15 is 0 Å². The molecule has 5 nitrogen and oxygen atoms in total. The van der Waals surface area contributed by atoms with Crippen LogP contribution in [0.25, 0.3) is 0 Å². The Bertz CT molecular complexity index is 586. The van der Waals surface area contributed by atoms with Crippen molar-refractivity contribution in [3.8, 4) is 0 Å². The number of nitrogens with two attached hydrogens (primary N) is 1. The van der Waals surface area contributed by atoms with Gasteiger partial charge in [0.1, 0.15) is 6.04 Å². The van der Waals surface area contributed by atoms with Crippen LogP contribution in [0, 0.1) is 5.41 Å². The zero-order valence-electron chi connectivity index (χ0n) is 12.1. The van der Waals surface area contributed by atoms with Crippen LogP contribution in [0.5, 0.6) is 0 Å². The van der Waals surface area contributed by atoms with Crippen molar-refractivity contribution in [2.24, 2.45) is 11.1 Å². The van der Waals surface area contributed by atoms with E-state index in [2.05, 4.69) is 15.9 Å². The molecule has 1 fully saturated rings. The lowest BCUT2D eigenvalue weighted by molar-refractivity contribution is -0.142. The van der Waals surface area contributed by atoms with E-state index in [9.17, 15) is 14.7 Å². The maximum Gasteiger partial charge on any atom is 0.326 e. The molecule has 1 heterocycles. The molecule has 6 heteroatoms. The number of hydrogen-bond acceptors (Lipinski definition) is 3. The summed E-state index contributed by atoms with van der Waals surface area (Å²) in [6.45, 7) is 4.48. The molecule has 3 N–H and O–H groups in total. The number of primary amides is 1. The minimum Gasteiger partial charge on any atom is -0.480 e. The van der Waals surface area contributed by atoms with Crippen LogP contribution in [-0.2, 0) is 4.79 Å². The second-order valence-corrected chi connectivity index (χ2v) is 6.88. The van der Waals surface area contributed by atoms with Crippen LogP contribution in [-0.4, -0.2) is 29.6 Å². The van der Waals surface area contributed by atoms with E-state index in [-0.39, 0.29) is 5.41 Å². The van der Waals surface area contributed by atoms with Crippen LogP contribution in [0.3, 0.4) is 0 Å². The Morgan fingerprint density at radius 3 is 2.67 bits per heavy atom. The molecule has 1 aromatic rings. The van der Waals surface area contributed by atoms with Crippen molar-refractivity contribution >= 4 is 33.5 Å². The van der Waals surface area contributed by atoms with Gasteiger partial charge in [-0.15, -0.1) is 0 Å². The highest BCUT2D eigenvalue weighted by Crippen LogP contribution is 2.40. The number of carbonyl (C=O) groups excluding carboxylic acids is 1. The van der Waals surface area contributed by atoms with Crippen molar-refractivity contribution < 1.29 is 14.7 Å². The van der Waals surface area contributed by atoms with E-state index in [1.807, 2.05) is 13.8 Å². The lowest BCUT2D eigenvalue weighted by Gasteiger charge is -2.45. The minimum atomic E-state index is -0.880. The number of amides is 1. The number of carbonyl (C=O) groups is 2. The fourth-order valence-corrected chi connectivity index (χ4v) is 3.67. The Kier molecular flexibility index (Phi) is 4.27. The molecule has 0 aromatic heterocycles. The van der Waals surface area contributed by atoms with Gasteiger partial charge in [-0.2, -0.15) is 0 Å². The summed E-state index contributed by atoms with van der Waals surface area (Å²) in [6, 6.07) is 4.59. The second-order valence-electron chi connectivity index (χ2n) is 6.02. The summed E-state index contributed by atoms with van der Waals surface area (Å²) in [4.78, 5) is 25.3. The molecular formula is C15H19BrN2O3. The summed E-state index contributed by atoms with van der Waals surface area (Å²) in [5.41, 5.74) is 6.01. The number of benzene rings is 1. The molecule has 0 radical (unpaired) electrons. The summed E-state index contributed by atoms with van der Waals surface area (Å²) in [5, 5.41) is 9.63. The number of carboxylic acid groups (broad SMARTS) is 1. The van der Waals surface area contributed by atoms with Gasteiger partial charge in [0.25, 0.3) is 5.91 Å². The SMILES string of the molecule is CC1(C)CCCN(c2cccc(Br)c2C(N)=O)C1C(=O)O. The standard InChI is InChI=1S/C15H19BrN2O3/c1-15(2)7-4-8-18(12(15)14(20)21)10-6-3-5-9(16)11(10)13(17)19/h3,5-6,12H,4,7-8H2,1-2H3,(H2,17,19)(H,20,21). The smallest absolute Gasteiger partial charge is 0.326 e. The molecule has 1 aliphatic heterocycles. The zero-order chi connectivity index (χ0) is 15.8. The Morgan fingerprint density at radius 2 is 2.10 bits per heavy atom. The van der Waals surface area contributed by atoms with E-state index in [1.54, 1.807) is 23.1 Å². The first-order chi connectivity index (χ1) is 9.75. The van der Waals surface area contributed by atoms with Crippen LogP contribution in [0.4, 0.5) is 5.69 Å². The number of anilines is 1. The van der Waals surface area contributed by atoms with E-state index < -0.39 is 17.9 Å². The van der Waals surface area contributed by atoms with Gasteiger partial charge in [-0.25, -0.2) is 4.79 Å². The van der Waals surface area contributed by atoms with Crippen molar-refractivity contribution in [1.29, 1.82) is 0 Å². The average molecular weight is 355 g/mol. The van der Waals surface area contributed by atoms with E-state index in [1.165, 1.54) is 0 Å². The fourth-order valence-electron chi connectivity index (χ4n) is 3.12. The Balaban J connectivity index is 2.56. The van der Waals surface area contributed by atoms with E-state index in [0.29, 0.717) is 22.3 Å².